The van der Waals surface area contributed by atoms with Crippen molar-refractivity contribution in [2.24, 2.45) is 11.8 Å². The van der Waals surface area contributed by atoms with Crippen molar-refractivity contribution in [3.05, 3.63) is 38.5 Å². The van der Waals surface area contributed by atoms with Crippen molar-refractivity contribution in [1.82, 2.24) is 14.8 Å². The van der Waals surface area contributed by atoms with E-state index in [9.17, 15) is 9.59 Å². The minimum absolute atomic E-state index is 0.0441. The maximum absolute atomic E-state index is 12.6. The van der Waals surface area contributed by atoms with Crippen LogP contribution in [0.15, 0.2) is 22.2 Å². The molecule has 2 aromatic heterocycles. The molecule has 0 saturated carbocycles. The summed E-state index contributed by atoms with van der Waals surface area (Å²) in [5.41, 5.74) is 1.70. The maximum atomic E-state index is 12.6. The Morgan fingerprint density at radius 2 is 2.22 bits per heavy atom. The molecule has 120 valence electrons. The summed E-state index contributed by atoms with van der Waals surface area (Å²) in [6.45, 7) is 4.52. The number of carbonyl (C=O) groups excluding carboxylic acids is 2. The number of rotatable bonds is 3. The van der Waals surface area contributed by atoms with E-state index in [0.717, 1.165) is 22.8 Å². The number of aryl methyl sites for hydroxylation is 1. The monoisotopic (exact) mass is 347 g/mol. The first-order valence-corrected chi connectivity index (χ1v) is 9.45. The lowest BCUT2D eigenvalue weighted by molar-refractivity contribution is -0.131. The summed E-state index contributed by atoms with van der Waals surface area (Å²) >= 11 is 3.14. The van der Waals surface area contributed by atoms with Gasteiger partial charge in [-0.15, -0.1) is 11.3 Å². The van der Waals surface area contributed by atoms with Gasteiger partial charge in [-0.05, 0) is 18.4 Å². The van der Waals surface area contributed by atoms with Crippen LogP contribution in [0.25, 0.3) is 0 Å². The minimum Gasteiger partial charge on any atom is -0.337 e. The van der Waals surface area contributed by atoms with Crippen LogP contribution in [0.3, 0.4) is 0 Å². The van der Waals surface area contributed by atoms with Gasteiger partial charge in [0.05, 0.1) is 28.7 Å². The molecule has 2 aromatic rings. The summed E-state index contributed by atoms with van der Waals surface area (Å²) in [4.78, 5) is 33.2. The smallest absolute Gasteiger partial charge is 0.254 e. The van der Waals surface area contributed by atoms with E-state index in [2.05, 4.69) is 4.98 Å². The third-order valence-electron chi connectivity index (χ3n) is 4.60. The molecule has 2 aliphatic rings. The molecule has 0 N–H and O–H groups in total. The SMILES string of the molecule is Cc1nc(CN2C[C@@H]3CN(C(=O)c4ccsc4)C[C@@H]3C2=O)cs1. The number of carbonyl (C=O) groups is 2. The molecular weight excluding hydrogens is 330 g/mol. The van der Waals surface area contributed by atoms with Gasteiger partial charge in [-0.2, -0.15) is 11.3 Å². The highest BCUT2D eigenvalue weighted by atomic mass is 32.1. The van der Waals surface area contributed by atoms with Crippen molar-refractivity contribution in [1.29, 1.82) is 0 Å². The Balaban J connectivity index is 1.42. The molecule has 0 unspecified atom stereocenters. The topological polar surface area (TPSA) is 53.5 Å². The average Bonchev–Trinajstić information content (AvgIpc) is 3.28. The standard InChI is InChI=1S/C16H17N3O2S2/c1-10-17-13(9-23-10)6-18-4-12-5-19(7-14(12)16(18)21)15(20)11-2-3-22-8-11/h2-3,8-9,12,14H,4-7H2,1H3/t12-,14+/m1/s1. The van der Waals surface area contributed by atoms with E-state index in [-0.39, 0.29) is 23.7 Å². The number of amides is 2. The molecule has 0 aromatic carbocycles. The van der Waals surface area contributed by atoms with Crippen LogP contribution in [0.5, 0.6) is 0 Å². The Labute approximate surface area is 142 Å². The Hall–Kier alpha value is -1.73. The largest absolute Gasteiger partial charge is 0.337 e. The van der Waals surface area contributed by atoms with Crippen LogP contribution in [0.1, 0.15) is 21.1 Å². The van der Waals surface area contributed by atoms with Gasteiger partial charge in [0.25, 0.3) is 5.91 Å². The summed E-state index contributed by atoms with van der Waals surface area (Å²) in [6, 6.07) is 1.85. The van der Waals surface area contributed by atoms with Gasteiger partial charge in [0.15, 0.2) is 0 Å². The van der Waals surface area contributed by atoms with Crippen molar-refractivity contribution < 1.29 is 9.59 Å². The van der Waals surface area contributed by atoms with Crippen LogP contribution < -0.4 is 0 Å². The lowest BCUT2D eigenvalue weighted by atomic mass is 10.0. The zero-order chi connectivity index (χ0) is 16.0. The molecule has 0 spiro atoms. The molecule has 0 aliphatic carbocycles. The molecule has 2 fully saturated rings. The molecule has 4 rings (SSSR count). The van der Waals surface area contributed by atoms with E-state index in [1.54, 1.807) is 11.3 Å². The van der Waals surface area contributed by atoms with Crippen LogP contribution in [0.4, 0.5) is 0 Å². The Kier molecular flexibility index (Phi) is 3.69. The highest BCUT2D eigenvalue weighted by Gasteiger charge is 2.47. The summed E-state index contributed by atoms with van der Waals surface area (Å²) in [6.07, 6.45) is 0. The lowest BCUT2D eigenvalue weighted by Gasteiger charge is -2.21. The first kappa shape index (κ1) is 14.8. The van der Waals surface area contributed by atoms with Gasteiger partial charge in [-0.25, -0.2) is 4.98 Å². The predicted molar refractivity (Wildman–Crippen MR) is 89.5 cm³/mol. The second-order valence-electron chi connectivity index (χ2n) is 6.17. The van der Waals surface area contributed by atoms with E-state index in [1.165, 1.54) is 11.3 Å². The van der Waals surface area contributed by atoms with Crippen LogP contribution >= 0.6 is 22.7 Å². The van der Waals surface area contributed by atoms with Gasteiger partial charge < -0.3 is 9.80 Å². The van der Waals surface area contributed by atoms with Crippen molar-refractivity contribution >= 4 is 34.5 Å². The molecular formula is C16H17N3O2S2. The Morgan fingerprint density at radius 3 is 2.87 bits per heavy atom. The molecule has 2 aliphatic heterocycles. The predicted octanol–water partition coefficient (Wildman–Crippen LogP) is 2.24. The van der Waals surface area contributed by atoms with Gasteiger partial charge in [-0.3, -0.25) is 9.59 Å². The number of thiazole rings is 1. The van der Waals surface area contributed by atoms with E-state index < -0.39 is 0 Å². The van der Waals surface area contributed by atoms with Crippen LogP contribution in [0, 0.1) is 18.8 Å². The van der Waals surface area contributed by atoms with E-state index >= 15 is 0 Å². The minimum atomic E-state index is -0.0441. The second kappa shape index (κ2) is 5.72. The van der Waals surface area contributed by atoms with Crippen molar-refractivity contribution in [2.75, 3.05) is 19.6 Å². The van der Waals surface area contributed by atoms with Gasteiger partial charge in [0.1, 0.15) is 0 Å². The number of hydrogen-bond donors (Lipinski definition) is 0. The number of hydrogen-bond acceptors (Lipinski definition) is 5. The van der Waals surface area contributed by atoms with Crippen LogP contribution in [-0.2, 0) is 11.3 Å². The highest BCUT2D eigenvalue weighted by molar-refractivity contribution is 7.09. The van der Waals surface area contributed by atoms with Crippen molar-refractivity contribution in [2.45, 2.75) is 13.5 Å². The van der Waals surface area contributed by atoms with Crippen molar-refractivity contribution in [3.63, 3.8) is 0 Å². The maximum Gasteiger partial charge on any atom is 0.254 e. The van der Waals surface area contributed by atoms with E-state index in [1.807, 2.05) is 38.9 Å². The molecule has 0 bridgehead atoms. The number of nitrogens with zero attached hydrogens (tertiary/aromatic N) is 3. The fourth-order valence-corrected chi connectivity index (χ4v) is 4.73. The Bertz CT molecular complexity index is 740. The van der Waals surface area contributed by atoms with E-state index in [4.69, 9.17) is 0 Å². The summed E-state index contributed by atoms with van der Waals surface area (Å²) in [5, 5.41) is 6.82. The molecule has 7 heteroatoms. The normalized spacial score (nSPS) is 23.6. The summed E-state index contributed by atoms with van der Waals surface area (Å²) < 4.78 is 0. The zero-order valence-corrected chi connectivity index (χ0v) is 14.4. The number of aromatic nitrogens is 1. The quantitative estimate of drug-likeness (QED) is 0.856. The lowest BCUT2D eigenvalue weighted by Crippen LogP contribution is -2.35. The van der Waals surface area contributed by atoms with Crippen LogP contribution in [0.2, 0.25) is 0 Å². The molecule has 2 atom stereocenters. The third kappa shape index (κ3) is 2.68. The van der Waals surface area contributed by atoms with Gasteiger partial charge in [-0.1, -0.05) is 0 Å². The third-order valence-corrected chi connectivity index (χ3v) is 6.11. The fourth-order valence-electron chi connectivity index (χ4n) is 3.50. The second-order valence-corrected chi connectivity index (χ2v) is 8.01. The Morgan fingerprint density at radius 1 is 1.35 bits per heavy atom. The van der Waals surface area contributed by atoms with Crippen molar-refractivity contribution in [3.8, 4) is 0 Å². The molecule has 2 amide bonds. The molecule has 5 nitrogen and oxygen atoms in total. The van der Waals surface area contributed by atoms with Gasteiger partial charge in [0, 0.05) is 36.3 Å². The first-order valence-electron chi connectivity index (χ1n) is 7.63. The highest BCUT2D eigenvalue weighted by Crippen LogP contribution is 2.34. The number of thiophene rings is 1. The summed E-state index contributed by atoms with van der Waals surface area (Å²) in [5.74, 6) is 0.429. The molecule has 0 radical (unpaired) electrons. The zero-order valence-electron chi connectivity index (χ0n) is 12.8. The molecule has 4 heterocycles. The number of fused-ring (bicyclic) bond motifs is 1. The fraction of sp³-hybridized carbons (Fsp3) is 0.438. The van der Waals surface area contributed by atoms with Gasteiger partial charge in [0.2, 0.25) is 5.91 Å². The average molecular weight is 347 g/mol. The first-order chi connectivity index (χ1) is 11.1. The molecule has 2 saturated heterocycles. The summed E-state index contributed by atoms with van der Waals surface area (Å²) in [7, 11) is 0. The number of likely N-dealkylation sites (tertiary alicyclic amines) is 2. The molecule has 23 heavy (non-hydrogen) atoms. The van der Waals surface area contributed by atoms with Gasteiger partial charge >= 0.3 is 0 Å². The van der Waals surface area contributed by atoms with E-state index in [0.29, 0.717) is 19.6 Å². The van der Waals surface area contributed by atoms with Crippen LogP contribution in [-0.4, -0.2) is 46.2 Å².